The molecule has 4 heteroatoms. The number of rotatable bonds is 5. The van der Waals surface area contributed by atoms with Crippen molar-refractivity contribution in [1.82, 2.24) is 0 Å². The molecule has 0 aliphatic rings. The number of thioether (sulfide) groups is 1. The summed E-state index contributed by atoms with van der Waals surface area (Å²) in [7, 11) is 0. The molecule has 0 fully saturated rings. The van der Waals surface area contributed by atoms with E-state index in [1.54, 1.807) is 23.9 Å². The van der Waals surface area contributed by atoms with Crippen molar-refractivity contribution in [2.75, 3.05) is 12.0 Å². The fourth-order valence-electron chi connectivity index (χ4n) is 1.41. The standard InChI is InChI=1S/C11H13FO2S/c1-15-7-6-9(11(13)14)8-4-2-3-5-10(8)12/h2-5,9H,6-7H2,1H3,(H,13,14). The molecule has 0 heterocycles. The molecule has 1 aromatic carbocycles. The quantitative estimate of drug-likeness (QED) is 0.842. The normalized spacial score (nSPS) is 12.4. The maximum absolute atomic E-state index is 13.4. The first-order valence-corrected chi connectivity index (χ1v) is 6.02. The third-order valence-electron chi connectivity index (χ3n) is 2.19. The van der Waals surface area contributed by atoms with Crippen molar-refractivity contribution in [2.45, 2.75) is 12.3 Å². The zero-order chi connectivity index (χ0) is 11.3. The molecule has 0 radical (unpaired) electrons. The molecular weight excluding hydrogens is 215 g/mol. The van der Waals surface area contributed by atoms with Gasteiger partial charge in [-0.3, -0.25) is 4.79 Å². The Morgan fingerprint density at radius 1 is 1.53 bits per heavy atom. The number of benzene rings is 1. The van der Waals surface area contributed by atoms with E-state index in [9.17, 15) is 9.18 Å². The number of hydrogen-bond acceptors (Lipinski definition) is 2. The second-order valence-electron chi connectivity index (χ2n) is 3.19. The Morgan fingerprint density at radius 3 is 2.73 bits per heavy atom. The molecule has 2 nitrogen and oxygen atoms in total. The number of carboxylic acids is 1. The van der Waals surface area contributed by atoms with Gasteiger partial charge in [-0.05, 0) is 24.5 Å². The summed E-state index contributed by atoms with van der Waals surface area (Å²) in [5.74, 6) is -1.43. The van der Waals surface area contributed by atoms with Crippen LogP contribution in [-0.4, -0.2) is 23.1 Å². The monoisotopic (exact) mass is 228 g/mol. The highest BCUT2D eigenvalue weighted by Gasteiger charge is 2.21. The van der Waals surface area contributed by atoms with Gasteiger partial charge in [0.25, 0.3) is 0 Å². The lowest BCUT2D eigenvalue weighted by Crippen LogP contribution is -2.14. The molecule has 1 aromatic rings. The summed E-state index contributed by atoms with van der Waals surface area (Å²) >= 11 is 1.56. The second kappa shape index (κ2) is 5.75. The van der Waals surface area contributed by atoms with Crippen LogP contribution in [0.1, 0.15) is 17.9 Å². The maximum Gasteiger partial charge on any atom is 0.311 e. The number of carboxylic acid groups (broad SMARTS) is 1. The zero-order valence-corrected chi connectivity index (χ0v) is 9.26. The molecule has 1 unspecified atom stereocenters. The Bertz CT molecular complexity index is 341. The maximum atomic E-state index is 13.4. The Labute approximate surface area is 92.5 Å². The predicted molar refractivity (Wildman–Crippen MR) is 59.8 cm³/mol. The van der Waals surface area contributed by atoms with Crippen molar-refractivity contribution in [3.8, 4) is 0 Å². The molecule has 0 aromatic heterocycles. The van der Waals surface area contributed by atoms with Crippen LogP contribution in [0.2, 0.25) is 0 Å². The molecule has 82 valence electrons. The summed E-state index contributed by atoms with van der Waals surface area (Å²) in [6.07, 6.45) is 2.36. The molecule has 0 bridgehead atoms. The predicted octanol–water partition coefficient (Wildman–Crippen LogP) is 2.75. The van der Waals surface area contributed by atoms with Gasteiger partial charge < -0.3 is 5.11 Å². The smallest absolute Gasteiger partial charge is 0.311 e. The lowest BCUT2D eigenvalue weighted by atomic mass is 9.96. The summed E-state index contributed by atoms with van der Waals surface area (Å²) in [5.41, 5.74) is 0.277. The molecule has 1 atom stereocenters. The molecule has 0 saturated heterocycles. The molecule has 1 rings (SSSR count). The van der Waals surface area contributed by atoms with E-state index in [4.69, 9.17) is 5.11 Å². The van der Waals surface area contributed by atoms with E-state index in [-0.39, 0.29) is 5.56 Å². The summed E-state index contributed by atoms with van der Waals surface area (Å²) < 4.78 is 13.4. The SMILES string of the molecule is CSCCC(C(=O)O)c1ccccc1F. The van der Waals surface area contributed by atoms with Gasteiger partial charge in [-0.15, -0.1) is 0 Å². The minimum Gasteiger partial charge on any atom is -0.481 e. The highest BCUT2D eigenvalue weighted by atomic mass is 32.2. The molecule has 0 amide bonds. The van der Waals surface area contributed by atoms with Crippen molar-refractivity contribution >= 4 is 17.7 Å². The van der Waals surface area contributed by atoms with E-state index in [0.717, 1.165) is 0 Å². The lowest BCUT2D eigenvalue weighted by molar-refractivity contribution is -0.138. The van der Waals surface area contributed by atoms with Crippen LogP contribution in [0.4, 0.5) is 4.39 Å². The van der Waals surface area contributed by atoms with Gasteiger partial charge in [0.15, 0.2) is 0 Å². The molecule has 0 spiro atoms. The van der Waals surface area contributed by atoms with Gasteiger partial charge in [-0.2, -0.15) is 11.8 Å². The minimum absolute atomic E-state index is 0.277. The fourth-order valence-corrected chi connectivity index (χ4v) is 1.88. The summed E-state index contributed by atoms with van der Waals surface area (Å²) in [5, 5.41) is 9.00. The Balaban J connectivity index is 2.89. The number of carbonyl (C=O) groups is 1. The fraction of sp³-hybridized carbons (Fsp3) is 0.364. The van der Waals surface area contributed by atoms with Crippen LogP contribution in [0.5, 0.6) is 0 Å². The van der Waals surface area contributed by atoms with Crippen LogP contribution in [-0.2, 0) is 4.79 Å². The Morgan fingerprint density at radius 2 is 2.20 bits per heavy atom. The van der Waals surface area contributed by atoms with Crippen LogP contribution < -0.4 is 0 Å². The number of aliphatic carboxylic acids is 1. The van der Waals surface area contributed by atoms with Crippen LogP contribution in [0.15, 0.2) is 24.3 Å². The molecule has 1 N–H and O–H groups in total. The third-order valence-corrected chi connectivity index (χ3v) is 2.83. The van der Waals surface area contributed by atoms with E-state index < -0.39 is 17.7 Å². The van der Waals surface area contributed by atoms with E-state index in [0.29, 0.717) is 12.2 Å². The van der Waals surface area contributed by atoms with Crippen molar-refractivity contribution in [3.63, 3.8) is 0 Å². The van der Waals surface area contributed by atoms with E-state index in [1.807, 2.05) is 6.26 Å². The van der Waals surface area contributed by atoms with E-state index in [1.165, 1.54) is 12.1 Å². The van der Waals surface area contributed by atoms with Crippen molar-refractivity contribution < 1.29 is 14.3 Å². The first-order valence-electron chi connectivity index (χ1n) is 4.63. The Hall–Kier alpha value is -1.03. The number of hydrogen-bond donors (Lipinski definition) is 1. The number of halogens is 1. The van der Waals surface area contributed by atoms with Crippen molar-refractivity contribution in [1.29, 1.82) is 0 Å². The van der Waals surface area contributed by atoms with Crippen LogP contribution >= 0.6 is 11.8 Å². The minimum atomic E-state index is -0.964. The topological polar surface area (TPSA) is 37.3 Å². The van der Waals surface area contributed by atoms with Crippen molar-refractivity contribution in [2.24, 2.45) is 0 Å². The summed E-state index contributed by atoms with van der Waals surface area (Å²) in [6.45, 7) is 0. The van der Waals surface area contributed by atoms with Gasteiger partial charge in [0.1, 0.15) is 5.82 Å². The van der Waals surface area contributed by atoms with E-state index >= 15 is 0 Å². The van der Waals surface area contributed by atoms with E-state index in [2.05, 4.69) is 0 Å². The van der Waals surface area contributed by atoms with Gasteiger partial charge in [0, 0.05) is 5.56 Å². The van der Waals surface area contributed by atoms with Crippen LogP contribution in [0.25, 0.3) is 0 Å². The summed E-state index contributed by atoms with van der Waals surface area (Å²) in [4.78, 5) is 11.0. The zero-order valence-electron chi connectivity index (χ0n) is 8.44. The van der Waals surface area contributed by atoms with Gasteiger partial charge in [0.05, 0.1) is 5.92 Å². The molecule has 0 saturated carbocycles. The second-order valence-corrected chi connectivity index (χ2v) is 4.18. The van der Waals surface area contributed by atoms with Gasteiger partial charge in [-0.1, -0.05) is 18.2 Å². The highest BCUT2D eigenvalue weighted by molar-refractivity contribution is 7.98. The average molecular weight is 228 g/mol. The van der Waals surface area contributed by atoms with Gasteiger partial charge >= 0.3 is 5.97 Å². The molecule has 0 aliphatic heterocycles. The lowest BCUT2D eigenvalue weighted by Gasteiger charge is -2.12. The molecule has 0 aliphatic carbocycles. The molecule has 15 heavy (non-hydrogen) atoms. The first kappa shape index (κ1) is 12.0. The van der Waals surface area contributed by atoms with Gasteiger partial charge in [0.2, 0.25) is 0 Å². The van der Waals surface area contributed by atoms with Crippen LogP contribution in [0.3, 0.4) is 0 Å². The Kier molecular flexibility index (Phi) is 4.62. The van der Waals surface area contributed by atoms with Gasteiger partial charge in [-0.25, -0.2) is 4.39 Å². The molecular formula is C11H13FO2S. The first-order chi connectivity index (χ1) is 7.16. The average Bonchev–Trinajstić information content (AvgIpc) is 2.20. The summed E-state index contributed by atoms with van der Waals surface area (Å²) in [6, 6.07) is 6.05. The largest absolute Gasteiger partial charge is 0.481 e. The van der Waals surface area contributed by atoms with Crippen molar-refractivity contribution in [3.05, 3.63) is 35.6 Å². The highest BCUT2D eigenvalue weighted by Crippen LogP contribution is 2.24. The third kappa shape index (κ3) is 3.23. The van der Waals surface area contributed by atoms with Crippen LogP contribution in [0, 0.1) is 5.82 Å².